The van der Waals surface area contributed by atoms with Crippen LogP contribution in [-0.4, -0.2) is 28.7 Å². The van der Waals surface area contributed by atoms with Gasteiger partial charge < -0.3 is 10.1 Å². The number of imide groups is 1. The Morgan fingerprint density at radius 2 is 1.67 bits per heavy atom. The Hall–Kier alpha value is -3.15. The van der Waals surface area contributed by atoms with Crippen molar-refractivity contribution in [1.29, 1.82) is 0 Å². The minimum absolute atomic E-state index is 0.139. The first kappa shape index (κ1) is 21.6. The third-order valence-electron chi connectivity index (χ3n) is 5.27. The normalized spacial score (nSPS) is 14.9. The van der Waals surface area contributed by atoms with Crippen LogP contribution >= 0.6 is 0 Å². The highest BCUT2D eigenvalue weighted by Gasteiger charge is 2.28. The van der Waals surface area contributed by atoms with Crippen molar-refractivity contribution in [2.24, 2.45) is 0 Å². The molecule has 0 spiro atoms. The van der Waals surface area contributed by atoms with Crippen LogP contribution in [0.3, 0.4) is 0 Å². The lowest BCUT2D eigenvalue weighted by Gasteiger charge is -2.18. The number of amides is 3. The summed E-state index contributed by atoms with van der Waals surface area (Å²) in [5, 5.41) is 2.85. The molecule has 3 rings (SSSR count). The van der Waals surface area contributed by atoms with E-state index in [4.69, 9.17) is 4.74 Å². The van der Waals surface area contributed by atoms with E-state index in [9.17, 15) is 14.4 Å². The van der Waals surface area contributed by atoms with Crippen molar-refractivity contribution in [1.82, 2.24) is 4.90 Å². The maximum absolute atomic E-state index is 12.6. The lowest BCUT2D eigenvalue weighted by atomic mass is 10.0. The highest BCUT2D eigenvalue weighted by molar-refractivity contribution is 6.01. The van der Waals surface area contributed by atoms with Gasteiger partial charge in [-0.05, 0) is 54.7 Å². The van der Waals surface area contributed by atoms with E-state index in [1.807, 2.05) is 19.1 Å². The SMILES string of the molecule is Cc1ccc(C(C)C)cc1O[C@@H](C)C(=O)Nc1ccc(CN2C(=O)CCC2=O)cc1. The summed E-state index contributed by atoms with van der Waals surface area (Å²) in [5.41, 5.74) is 3.61. The summed E-state index contributed by atoms with van der Waals surface area (Å²) in [4.78, 5) is 37.3. The van der Waals surface area contributed by atoms with Crippen molar-refractivity contribution in [3.8, 4) is 5.75 Å². The molecule has 1 aliphatic rings. The number of hydrogen-bond donors (Lipinski definition) is 1. The van der Waals surface area contributed by atoms with Gasteiger partial charge in [0.15, 0.2) is 6.10 Å². The van der Waals surface area contributed by atoms with Gasteiger partial charge in [0.1, 0.15) is 5.75 Å². The number of likely N-dealkylation sites (tertiary alicyclic amines) is 1. The van der Waals surface area contributed by atoms with Crippen molar-refractivity contribution in [2.45, 2.75) is 59.1 Å². The Kier molecular flexibility index (Phi) is 6.55. The van der Waals surface area contributed by atoms with E-state index < -0.39 is 6.10 Å². The maximum Gasteiger partial charge on any atom is 0.265 e. The summed E-state index contributed by atoms with van der Waals surface area (Å²) in [6, 6.07) is 13.2. The summed E-state index contributed by atoms with van der Waals surface area (Å²) in [6.07, 6.45) is -0.0971. The molecule has 0 saturated carbocycles. The zero-order valence-electron chi connectivity index (χ0n) is 17.9. The molecule has 6 heteroatoms. The van der Waals surface area contributed by atoms with Crippen LogP contribution < -0.4 is 10.1 Å². The van der Waals surface area contributed by atoms with Crippen LogP contribution in [0.4, 0.5) is 5.69 Å². The molecule has 2 aromatic rings. The standard InChI is InChI=1S/C24H28N2O4/c1-15(2)19-8-5-16(3)21(13-19)30-17(4)24(29)25-20-9-6-18(7-10-20)14-26-22(27)11-12-23(26)28/h5-10,13,15,17H,11-12,14H2,1-4H3,(H,25,29)/t17-/m0/s1. The number of carbonyl (C=O) groups is 3. The van der Waals surface area contributed by atoms with Gasteiger partial charge in [-0.3, -0.25) is 19.3 Å². The van der Waals surface area contributed by atoms with E-state index in [1.165, 1.54) is 4.90 Å². The van der Waals surface area contributed by atoms with Gasteiger partial charge in [0.25, 0.3) is 5.91 Å². The summed E-state index contributed by atoms with van der Waals surface area (Å²) < 4.78 is 5.91. The van der Waals surface area contributed by atoms with E-state index in [0.29, 0.717) is 17.4 Å². The summed E-state index contributed by atoms with van der Waals surface area (Å²) in [5.74, 6) is 0.559. The molecule has 1 saturated heterocycles. The summed E-state index contributed by atoms with van der Waals surface area (Å²) in [7, 11) is 0. The van der Waals surface area contributed by atoms with Gasteiger partial charge in [-0.1, -0.05) is 38.1 Å². The lowest BCUT2D eigenvalue weighted by molar-refractivity contribution is -0.139. The zero-order valence-corrected chi connectivity index (χ0v) is 17.9. The van der Waals surface area contributed by atoms with E-state index in [2.05, 4.69) is 25.2 Å². The van der Waals surface area contributed by atoms with E-state index in [1.54, 1.807) is 31.2 Å². The summed E-state index contributed by atoms with van der Waals surface area (Å²) >= 11 is 0. The van der Waals surface area contributed by atoms with Crippen LogP contribution in [-0.2, 0) is 20.9 Å². The maximum atomic E-state index is 12.6. The van der Waals surface area contributed by atoms with E-state index in [0.717, 1.165) is 16.7 Å². The molecule has 1 aliphatic heterocycles. The van der Waals surface area contributed by atoms with Crippen LogP contribution in [0, 0.1) is 6.92 Å². The largest absolute Gasteiger partial charge is 0.481 e. The molecule has 2 aromatic carbocycles. The van der Waals surface area contributed by atoms with E-state index in [-0.39, 0.29) is 37.1 Å². The molecule has 1 fully saturated rings. The Balaban J connectivity index is 1.59. The fourth-order valence-electron chi connectivity index (χ4n) is 3.27. The Bertz CT molecular complexity index is 934. The first-order valence-electron chi connectivity index (χ1n) is 10.2. The molecule has 1 N–H and O–H groups in total. The minimum Gasteiger partial charge on any atom is -0.481 e. The Labute approximate surface area is 177 Å². The first-order chi connectivity index (χ1) is 14.2. The van der Waals surface area contributed by atoms with Gasteiger partial charge in [0.05, 0.1) is 6.54 Å². The summed E-state index contributed by atoms with van der Waals surface area (Å²) in [6.45, 7) is 8.17. The predicted molar refractivity (Wildman–Crippen MR) is 115 cm³/mol. The molecule has 0 bridgehead atoms. The number of anilines is 1. The lowest BCUT2D eigenvalue weighted by Crippen LogP contribution is -2.30. The fourth-order valence-corrected chi connectivity index (χ4v) is 3.27. The third-order valence-corrected chi connectivity index (χ3v) is 5.27. The van der Waals surface area contributed by atoms with E-state index >= 15 is 0 Å². The van der Waals surface area contributed by atoms with Crippen LogP contribution in [0.2, 0.25) is 0 Å². The quantitative estimate of drug-likeness (QED) is 0.698. The van der Waals surface area contributed by atoms with Crippen LogP contribution in [0.15, 0.2) is 42.5 Å². The molecular formula is C24H28N2O4. The minimum atomic E-state index is -0.661. The molecule has 1 atom stereocenters. The average molecular weight is 408 g/mol. The second-order valence-corrected chi connectivity index (χ2v) is 8.00. The van der Waals surface area contributed by atoms with Crippen LogP contribution in [0.25, 0.3) is 0 Å². The average Bonchev–Trinajstić information content (AvgIpc) is 3.02. The number of rotatable bonds is 7. The second kappa shape index (κ2) is 9.11. The van der Waals surface area contributed by atoms with Crippen molar-refractivity contribution in [3.05, 3.63) is 59.2 Å². The number of carbonyl (C=O) groups excluding carboxylic acids is 3. The molecule has 158 valence electrons. The smallest absolute Gasteiger partial charge is 0.265 e. The van der Waals surface area contributed by atoms with Crippen molar-refractivity contribution < 1.29 is 19.1 Å². The Morgan fingerprint density at radius 1 is 1.03 bits per heavy atom. The van der Waals surface area contributed by atoms with Crippen molar-refractivity contribution in [3.63, 3.8) is 0 Å². The first-order valence-corrected chi connectivity index (χ1v) is 10.2. The number of ether oxygens (including phenoxy) is 1. The van der Waals surface area contributed by atoms with Gasteiger partial charge in [0, 0.05) is 18.5 Å². The van der Waals surface area contributed by atoms with Gasteiger partial charge in [-0.25, -0.2) is 0 Å². The van der Waals surface area contributed by atoms with Gasteiger partial charge in [-0.15, -0.1) is 0 Å². The zero-order chi connectivity index (χ0) is 21.8. The molecular weight excluding hydrogens is 380 g/mol. The highest BCUT2D eigenvalue weighted by Crippen LogP contribution is 2.25. The molecule has 30 heavy (non-hydrogen) atoms. The molecule has 0 aliphatic carbocycles. The topological polar surface area (TPSA) is 75.7 Å². The molecule has 0 radical (unpaired) electrons. The number of nitrogens with zero attached hydrogens (tertiary/aromatic N) is 1. The predicted octanol–water partition coefficient (Wildman–Crippen LogP) is 4.17. The second-order valence-electron chi connectivity index (χ2n) is 8.00. The number of aryl methyl sites for hydroxylation is 1. The monoisotopic (exact) mass is 408 g/mol. The van der Waals surface area contributed by atoms with Gasteiger partial charge >= 0.3 is 0 Å². The molecule has 6 nitrogen and oxygen atoms in total. The molecule has 3 amide bonds. The number of nitrogens with one attached hydrogen (secondary N) is 1. The van der Waals surface area contributed by atoms with Crippen molar-refractivity contribution >= 4 is 23.4 Å². The van der Waals surface area contributed by atoms with Gasteiger partial charge in [-0.2, -0.15) is 0 Å². The molecule has 0 unspecified atom stereocenters. The van der Waals surface area contributed by atoms with Crippen molar-refractivity contribution in [2.75, 3.05) is 5.32 Å². The highest BCUT2D eigenvalue weighted by atomic mass is 16.5. The molecule has 0 aromatic heterocycles. The number of hydrogen-bond acceptors (Lipinski definition) is 4. The third kappa shape index (κ3) is 5.06. The number of benzene rings is 2. The molecule has 1 heterocycles. The van der Waals surface area contributed by atoms with Crippen LogP contribution in [0.5, 0.6) is 5.75 Å². The Morgan fingerprint density at radius 3 is 2.27 bits per heavy atom. The fraction of sp³-hybridized carbons (Fsp3) is 0.375. The van der Waals surface area contributed by atoms with Crippen LogP contribution in [0.1, 0.15) is 56.2 Å². The van der Waals surface area contributed by atoms with Gasteiger partial charge in [0.2, 0.25) is 11.8 Å².